The smallest absolute Gasteiger partial charge is 0.321 e. The first-order valence-corrected chi connectivity index (χ1v) is 3.55. The molecule has 1 rings (SSSR count). The van der Waals surface area contributed by atoms with Crippen molar-refractivity contribution in [2.24, 2.45) is 11.3 Å². The van der Waals surface area contributed by atoms with Crippen LogP contribution in [0.25, 0.3) is 0 Å². The Bertz CT molecular complexity index is 252. The van der Waals surface area contributed by atoms with E-state index in [4.69, 9.17) is 10.2 Å². The van der Waals surface area contributed by atoms with Gasteiger partial charge in [-0.05, 0) is 13.3 Å². The number of rotatable bonds is 3. The van der Waals surface area contributed by atoms with Crippen molar-refractivity contribution in [3.63, 3.8) is 0 Å². The van der Waals surface area contributed by atoms with Crippen molar-refractivity contribution in [2.45, 2.75) is 13.3 Å². The van der Waals surface area contributed by atoms with Gasteiger partial charge >= 0.3 is 11.9 Å². The summed E-state index contributed by atoms with van der Waals surface area (Å²) < 4.78 is 0. The molecule has 0 aliphatic heterocycles. The quantitative estimate of drug-likeness (QED) is 0.484. The highest BCUT2D eigenvalue weighted by Crippen LogP contribution is 2.56. The summed E-state index contributed by atoms with van der Waals surface area (Å²) in [5.41, 5.74) is -0.953. The molecule has 0 bridgehead atoms. The molecule has 1 saturated carbocycles. The fourth-order valence-electron chi connectivity index (χ4n) is 1.42. The van der Waals surface area contributed by atoms with Crippen LogP contribution in [-0.4, -0.2) is 22.2 Å². The minimum absolute atomic E-state index is 0.174. The molecule has 4 heteroatoms. The minimum atomic E-state index is -1.58. The molecular formula is C8H10O4. The molecule has 0 unspecified atom stereocenters. The Hall–Kier alpha value is -1.32. The summed E-state index contributed by atoms with van der Waals surface area (Å²) in [7, 11) is 0. The van der Waals surface area contributed by atoms with Gasteiger partial charge in [0.25, 0.3) is 0 Å². The number of aliphatic carboxylic acids is 2. The third-order valence-electron chi connectivity index (χ3n) is 2.32. The Labute approximate surface area is 69.5 Å². The summed E-state index contributed by atoms with van der Waals surface area (Å²) in [4.78, 5) is 21.2. The molecule has 0 saturated heterocycles. The predicted octanol–water partition coefficient (Wildman–Crippen LogP) is 0.738. The lowest BCUT2D eigenvalue weighted by Crippen LogP contribution is -2.27. The molecule has 0 aromatic carbocycles. The van der Waals surface area contributed by atoms with E-state index in [2.05, 4.69) is 6.58 Å². The maximum Gasteiger partial charge on any atom is 0.321 e. The summed E-state index contributed by atoms with van der Waals surface area (Å²) in [6.07, 6.45) is 0.174. The van der Waals surface area contributed by atoms with Gasteiger partial charge in [0.05, 0.1) is 0 Å². The highest BCUT2D eigenvalue weighted by Gasteiger charge is 2.67. The normalized spacial score (nSPS) is 24.6. The summed E-state index contributed by atoms with van der Waals surface area (Å²) in [5.74, 6) is -2.92. The third kappa shape index (κ3) is 0.913. The third-order valence-corrected chi connectivity index (χ3v) is 2.32. The first kappa shape index (κ1) is 8.77. The Balaban J connectivity index is 2.90. The maximum absolute atomic E-state index is 10.6. The van der Waals surface area contributed by atoms with Crippen LogP contribution >= 0.6 is 0 Å². The second-order valence-corrected chi connectivity index (χ2v) is 3.18. The molecule has 0 aromatic heterocycles. The second-order valence-electron chi connectivity index (χ2n) is 3.18. The van der Waals surface area contributed by atoms with Crippen molar-refractivity contribution in [3.8, 4) is 0 Å². The van der Waals surface area contributed by atoms with Crippen LogP contribution in [0.4, 0.5) is 0 Å². The van der Waals surface area contributed by atoms with Crippen LogP contribution in [-0.2, 0) is 9.59 Å². The van der Waals surface area contributed by atoms with Crippen LogP contribution < -0.4 is 0 Å². The maximum atomic E-state index is 10.6. The first-order valence-electron chi connectivity index (χ1n) is 3.55. The van der Waals surface area contributed by atoms with Crippen LogP contribution in [0, 0.1) is 11.3 Å². The second kappa shape index (κ2) is 2.33. The first-order chi connectivity index (χ1) is 5.43. The Morgan fingerprint density at radius 3 is 1.92 bits per heavy atom. The van der Waals surface area contributed by atoms with Crippen molar-refractivity contribution in [2.75, 3.05) is 0 Å². The summed E-state index contributed by atoms with van der Waals surface area (Å²) in [5, 5.41) is 17.3. The molecule has 0 amide bonds. The fourth-order valence-corrected chi connectivity index (χ4v) is 1.42. The fraction of sp³-hybridized carbons (Fsp3) is 0.500. The van der Waals surface area contributed by atoms with Crippen molar-refractivity contribution >= 4 is 11.9 Å². The van der Waals surface area contributed by atoms with Crippen molar-refractivity contribution < 1.29 is 19.8 Å². The standard InChI is InChI=1S/C8H10O4/c1-4(2)5-3-8(5,6(9)10)7(11)12/h5H,1,3H2,2H3,(H,9,10)(H,11,12)/t5-/m1/s1. The van der Waals surface area contributed by atoms with E-state index >= 15 is 0 Å². The highest BCUT2D eigenvalue weighted by atomic mass is 16.4. The van der Waals surface area contributed by atoms with Gasteiger partial charge in [-0.15, -0.1) is 0 Å². The summed E-state index contributed by atoms with van der Waals surface area (Å²) in [6.45, 7) is 5.20. The van der Waals surface area contributed by atoms with Gasteiger partial charge in [0, 0.05) is 5.92 Å². The van der Waals surface area contributed by atoms with Gasteiger partial charge in [0.15, 0.2) is 5.41 Å². The van der Waals surface area contributed by atoms with Gasteiger partial charge < -0.3 is 10.2 Å². The number of carboxylic acid groups (broad SMARTS) is 2. The van der Waals surface area contributed by atoms with Crippen molar-refractivity contribution in [1.82, 2.24) is 0 Å². The van der Waals surface area contributed by atoms with Gasteiger partial charge in [-0.25, -0.2) is 0 Å². The average Bonchev–Trinajstić information content (AvgIpc) is 2.60. The molecule has 2 N–H and O–H groups in total. The number of hydrogen-bond acceptors (Lipinski definition) is 2. The van der Waals surface area contributed by atoms with Gasteiger partial charge in [0.2, 0.25) is 0 Å². The molecule has 1 aliphatic rings. The molecular weight excluding hydrogens is 160 g/mol. The van der Waals surface area contributed by atoms with E-state index < -0.39 is 23.3 Å². The molecule has 12 heavy (non-hydrogen) atoms. The largest absolute Gasteiger partial charge is 0.480 e. The van der Waals surface area contributed by atoms with E-state index in [1.807, 2.05) is 0 Å². The van der Waals surface area contributed by atoms with Crippen LogP contribution in [0.2, 0.25) is 0 Å². The van der Waals surface area contributed by atoms with Crippen LogP contribution in [0.1, 0.15) is 13.3 Å². The van der Waals surface area contributed by atoms with E-state index in [1.165, 1.54) is 0 Å². The van der Waals surface area contributed by atoms with E-state index in [-0.39, 0.29) is 6.42 Å². The van der Waals surface area contributed by atoms with Gasteiger partial charge in [-0.2, -0.15) is 0 Å². The topological polar surface area (TPSA) is 74.6 Å². The molecule has 4 nitrogen and oxygen atoms in total. The zero-order valence-corrected chi connectivity index (χ0v) is 6.70. The lowest BCUT2D eigenvalue weighted by Gasteiger charge is -2.05. The highest BCUT2D eigenvalue weighted by molar-refractivity contribution is 6.02. The molecule has 0 spiro atoms. The lowest BCUT2D eigenvalue weighted by molar-refractivity contribution is -0.157. The number of carbonyl (C=O) groups is 2. The van der Waals surface area contributed by atoms with Crippen molar-refractivity contribution in [3.05, 3.63) is 12.2 Å². The number of allylic oxidation sites excluding steroid dienone is 1. The summed E-state index contributed by atoms with van der Waals surface area (Å²) >= 11 is 0. The minimum Gasteiger partial charge on any atom is -0.480 e. The molecule has 0 aromatic rings. The lowest BCUT2D eigenvalue weighted by atomic mass is 10.0. The van der Waals surface area contributed by atoms with E-state index in [1.54, 1.807) is 6.92 Å². The number of carboxylic acids is 2. The van der Waals surface area contributed by atoms with E-state index in [9.17, 15) is 9.59 Å². The molecule has 0 heterocycles. The van der Waals surface area contributed by atoms with Gasteiger partial charge in [-0.3, -0.25) is 9.59 Å². The average molecular weight is 170 g/mol. The van der Waals surface area contributed by atoms with Crippen molar-refractivity contribution in [1.29, 1.82) is 0 Å². The molecule has 1 aliphatic carbocycles. The van der Waals surface area contributed by atoms with Gasteiger partial charge in [-0.1, -0.05) is 12.2 Å². The number of hydrogen-bond donors (Lipinski definition) is 2. The van der Waals surface area contributed by atoms with Gasteiger partial charge in [0.1, 0.15) is 0 Å². The zero-order chi connectivity index (χ0) is 9.52. The zero-order valence-electron chi connectivity index (χ0n) is 6.70. The molecule has 1 fully saturated rings. The Morgan fingerprint density at radius 1 is 1.42 bits per heavy atom. The van der Waals surface area contributed by atoms with E-state index in [0.717, 1.165) is 0 Å². The monoisotopic (exact) mass is 170 g/mol. The molecule has 1 atom stereocenters. The molecule has 0 radical (unpaired) electrons. The Morgan fingerprint density at radius 2 is 1.83 bits per heavy atom. The SMILES string of the molecule is C=C(C)[C@H]1CC1(C(=O)O)C(=O)O. The summed E-state index contributed by atoms with van der Waals surface area (Å²) in [6, 6.07) is 0. The van der Waals surface area contributed by atoms with E-state index in [0.29, 0.717) is 5.57 Å². The molecule has 66 valence electrons. The van der Waals surface area contributed by atoms with Crippen LogP contribution in [0.15, 0.2) is 12.2 Å². The predicted molar refractivity (Wildman–Crippen MR) is 40.6 cm³/mol. The Kier molecular flexibility index (Phi) is 1.71. The van der Waals surface area contributed by atoms with Crippen LogP contribution in [0.3, 0.4) is 0 Å². The van der Waals surface area contributed by atoms with Crippen LogP contribution in [0.5, 0.6) is 0 Å².